The van der Waals surface area contributed by atoms with Crippen LogP contribution < -0.4 is 16.0 Å². The third-order valence-electron chi connectivity index (χ3n) is 6.74. The molecule has 1 aliphatic heterocycles. The number of hydrogen-bond donors (Lipinski definition) is 3. The number of amides is 4. The summed E-state index contributed by atoms with van der Waals surface area (Å²) in [5, 5.41) is 7.95. The van der Waals surface area contributed by atoms with Crippen molar-refractivity contribution in [2.45, 2.75) is 118 Å². The first-order valence-corrected chi connectivity index (χ1v) is 14.4. The highest BCUT2D eigenvalue weighted by Crippen LogP contribution is 2.32. The van der Waals surface area contributed by atoms with Crippen LogP contribution in [0, 0.1) is 17.3 Å². The molecule has 0 radical (unpaired) electrons. The average molecular weight is 565 g/mol. The molecular formula is C30H52N4O6. The minimum atomic E-state index is -1.01. The highest BCUT2D eigenvalue weighted by Gasteiger charge is 2.45. The summed E-state index contributed by atoms with van der Waals surface area (Å²) in [7, 11) is 0. The van der Waals surface area contributed by atoms with E-state index in [1.54, 1.807) is 20.8 Å². The van der Waals surface area contributed by atoms with Gasteiger partial charge in [0.05, 0.1) is 6.04 Å². The van der Waals surface area contributed by atoms with Crippen LogP contribution in [0.1, 0.15) is 94.4 Å². The van der Waals surface area contributed by atoms with Crippen molar-refractivity contribution in [1.29, 1.82) is 0 Å². The van der Waals surface area contributed by atoms with Gasteiger partial charge in [0.2, 0.25) is 17.6 Å². The molecule has 0 aromatic heterocycles. The molecule has 10 heteroatoms. The molecule has 3 N–H and O–H groups in total. The lowest BCUT2D eigenvalue weighted by molar-refractivity contribution is -0.144. The zero-order valence-electron chi connectivity index (χ0n) is 26.0. The quantitative estimate of drug-likeness (QED) is 0.231. The summed E-state index contributed by atoms with van der Waals surface area (Å²) in [4.78, 5) is 67.0. The standard InChI is InChI=1S/C30H52N4O6/c1-11-13-21(23(35)26(37)31-16-12-2)32-25(36)22-17-20(15-14-19(3)4)18-34(22)27(38)24(29(5,6)7)33-28(39)40-30(8,9)10/h12,19-22,24H,2,11,13-18H2,1,3-10H3,(H,31,37)(H,32,36)(H,33,39)/t20-,21?,22+,24-/m1/s1. The van der Waals surface area contributed by atoms with Gasteiger partial charge < -0.3 is 25.6 Å². The number of ether oxygens (including phenoxy) is 1. The van der Waals surface area contributed by atoms with Crippen molar-refractivity contribution in [2.75, 3.05) is 13.1 Å². The molecule has 0 aromatic rings. The van der Waals surface area contributed by atoms with Crippen molar-refractivity contribution in [3.05, 3.63) is 12.7 Å². The lowest BCUT2D eigenvalue weighted by atomic mass is 9.85. The molecule has 10 nitrogen and oxygen atoms in total. The second kappa shape index (κ2) is 15.2. The fourth-order valence-electron chi connectivity index (χ4n) is 4.67. The van der Waals surface area contributed by atoms with Gasteiger partial charge in [0.15, 0.2) is 0 Å². The van der Waals surface area contributed by atoms with Gasteiger partial charge in [-0.05, 0) is 57.3 Å². The first kappa shape index (κ1) is 35.1. The molecular weight excluding hydrogens is 512 g/mol. The van der Waals surface area contributed by atoms with Gasteiger partial charge in [-0.25, -0.2) is 4.79 Å². The van der Waals surface area contributed by atoms with E-state index < -0.39 is 52.8 Å². The number of carbonyl (C=O) groups excluding carboxylic acids is 5. The average Bonchev–Trinajstić information content (AvgIpc) is 3.26. The highest BCUT2D eigenvalue weighted by atomic mass is 16.6. The minimum absolute atomic E-state index is 0.0838. The Labute approximate surface area is 240 Å². The monoisotopic (exact) mass is 564 g/mol. The molecule has 228 valence electrons. The number of alkyl carbamates (subject to hydrolysis) is 1. The topological polar surface area (TPSA) is 134 Å². The number of nitrogens with zero attached hydrogens (tertiary/aromatic N) is 1. The molecule has 0 aromatic carbocycles. The lowest BCUT2D eigenvalue weighted by Gasteiger charge is -2.36. The maximum absolute atomic E-state index is 14.0. The molecule has 1 saturated heterocycles. The van der Waals surface area contributed by atoms with Gasteiger partial charge in [0.25, 0.3) is 5.91 Å². The number of carbonyl (C=O) groups is 5. The number of Topliss-reactive ketones (excluding diaryl/α,β-unsaturated/α-hetero) is 1. The van der Waals surface area contributed by atoms with Crippen LogP contribution in [0.5, 0.6) is 0 Å². The molecule has 1 aliphatic rings. The van der Waals surface area contributed by atoms with Crippen molar-refractivity contribution >= 4 is 29.6 Å². The van der Waals surface area contributed by atoms with Crippen molar-refractivity contribution in [3.63, 3.8) is 0 Å². The van der Waals surface area contributed by atoms with Gasteiger partial charge in [-0.3, -0.25) is 19.2 Å². The van der Waals surface area contributed by atoms with E-state index in [0.717, 1.165) is 12.8 Å². The summed E-state index contributed by atoms with van der Waals surface area (Å²) in [5.74, 6) is -1.83. The van der Waals surface area contributed by atoms with Crippen LogP contribution in [0.4, 0.5) is 4.79 Å². The molecule has 1 heterocycles. The van der Waals surface area contributed by atoms with E-state index in [0.29, 0.717) is 25.3 Å². The van der Waals surface area contributed by atoms with E-state index >= 15 is 0 Å². The molecule has 40 heavy (non-hydrogen) atoms. The number of ketones is 1. The fourth-order valence-corrected chi connectivity index (χ4v) is 4.67. The van der Waals surface area contributed by atoms with Crippen molar-refractivity contribution in [3.8, 4) is 0 Å². The highest BCUT2D eigenvalue weighted by molar-refractivity contribution is 6.38. The number of likely N-dealkylation sites (tertiary alicyclic amines) is 1. The Bertz CT molecular complexity index is 918. The van der Waals surface area contributed by atoms with Crippen LogP contribution in [-0.4, -0.2) is 71.3 Å². The molecule has 1 unspecified atom stereocenters. The van der Waals surface area contributed by atoms with Gasteiger partial charge >= 0.3 is 6.09 Å². The summed E-state index contributed by atoms with van der Waals surface area (Å²) < 4.78 is 5.41. The van der Waals surface area contributed by atoms with Crippen LogP contribution in [0.25, 0.3) is 0 Å². The summed E-state index contributed by atoms with van der Waals surface area (Å²) in [6.07, 6.45) is 3.83. The molecule has 0 saturated carbocycles. The van der Waals surface area contributed by atoms with Crippen molar-refractivity contribution < 1.29 is 28.7 Å². The van der Waals surface area contributed by atoms with Gasteiger partial charge in [0, 0.05) is 13.1 Å². The lowest BCUT2D eigenvalue weighted by Crippen LogP contribution is -2.59. The van der Waals surface area contributed by atoms with E-state index in [4.69, 9.17) is 4.74 Å². The van der Waals surface area contributed by atoms with Gasteiger partial charge in [-0.15, -0.1) is 6.58 Å². The van der Waals surface area contributed by atoms with Crippen LogP contribution in [0.3, 0.4) is 0 Å². The predicted octanol–water partition coefficient (Wildman–Crippen LogP) is 3.74. The van der Waals surface area contributed by atoms with Gasteiger partial charge in [-0.1, -0.05) is 60.5 Å². The second-order valence-corrected chi connectivity index (χ2v) is 13.2. The van der Waals surface area contributed by atoms with E-state index in [2.05, 4.69) is 36.4 Å². The predicted molar refractivity (Wildman–Crippen MR) is 155 cm³/mol. The van der Waals surface area contributed by atoms with Crippen LogP contribution >= 0.6 is 0 Å². The Morgan fingerprint density at radius 1 is 1.02 bits per heavy atom. The van der Waals surface area contributed by atoms with Crippen molar-refractivity contribution in [1.82, 2.24) is 20.9 Å². The number of rotatable bonds is 13. The summed E-state index contributed by atoms with van der Waals surface area (Å²) in [5.41, 5.74) is -1.42. The first-order chi connectivity index (χ1) is 18.4. The summed E-state index contributed by atoms with van der Waals surface area (Å²) in [6, 6.07) is -2.79. The molecule has 0 bridgehead atoms. The van der Waals surface area contributed by atoms with Crippen LogP contribution in [-0.2, 0) is 23.9 Å². The van der Waals surface area contributed by atoms with Crippen LogP contribution in [0.15, 0.2) is 12.7 Å². The third-order valence-corrected chi connectivity index (χ3v) is 6.74. The number of hydrogen-bond acceptors (Lipinski definition) is 6. The second-order valence-electron chi connectivity index (χ2n) is 13.2. The Morgan fingerprint density at radius 3 is 2.15 bits per heavy atom. The molecule has 0 spiro atoms. The Balaban J connectivity index is 3.27. The van der Waals surface area contributed by atoms with E-state index in [1.807, 2.05) is 27.7 Å². The Morgan fingerprint density at radius 2 is 1.65 bits per heavy atom. The summed E-state index contributed by atoms with van der Waals surface area (Å²) >= 11 is 0. The number of nitrogens with one attached hydrogen (secondary N) is 3. The normalized spacial score (nSPS) is 19.0. The van der Waals surface area contributed by atoms with Gasteiger partial charge in [-0.2, -0.15) is 0 Å². The zero-order valence-corrected chi connectivity index (χ0v) is 26.0. The van der Waals surface area contributed by atoms with E-state index in [9.17, 15) is 24.0 Å². The summed E-state index contributed by atoms with van der Waals surface area (Å²) in [6.45, 7) is 20.9. The van der Waals surface area contributed by atoms with E-state index in [1.165, 1.54) is 11.0 Å². The molecule has 0 aliphatic carbocycles. The zero-order chi connectivity index (χ0) is 30.8. The largest absolute Gasteiger partial charge is 0.444 e. The van der Waals surface area contributed by atoms with Crippen molar-refractivity contribution in [2.24, 2.45) is 17.3 Å². The molecule has 1 fully saturated rings. The molecule has 4 amide bonds. The first-order valence-electron chi connectivity index (χ1n) is 14.4. The van der Waals surface area contributed by atoms with Gasteiger partial charge in [0.1, 0.15) is 17.7 Å². The smallest absolute Gasteiger partial charge is 0.408 e. The SMILES string of the molecule is C=CCNC(=O)C(=O)C(CCC)NC(=O)[C@@H]1C[C@@H](CCC(C)C)CN1C(=O)[C@@H](NC(=O)OC(C)(C)C)C(C)(C)C. The Kier molecular flexibility index (Phi) is 13.3. The third kappa shape index (κ3) is 11.3. The van der Waals surface area contributed by atoms with E-state index in [-0.39, 0.29) is 24.8 Å². The maximum atomic E-state index is 14.0. The maximum Gasteiger partial charge on any atom is 0.408 e. The molecule has 4 atom stereocenters. The minimum Gasteiger partial charge on any atom is -0.444 e. The molecule has 1 rings (SSSR count). The fraction of sp³-hybridized carbons (Fsp3) is 0.767. The Hall–Kier alpha value is -2.91. The van der Waals surface area contributed by atoms with Crippen LogP contribution in [0.2, 0.25) is 0 Å².